The molecule has 1 heterocycles. The van der Waals surface area contributed by atoms with Gasteiger partial charge in [-0.1, -0.05) is 24.4 Å². The summed E-state index contributed by atoms with van der Waals surface area (Å²) in [6, 6.07) is 9.41. The van der Waals surface area contributed by atoms with Crippen LogP contribution in [0.5, 0.6) is 0 Å². The van der Waals surface area contributed by atoms with E-state index in [1.165, 1.54) is 0 Å². The van der Waals surface area contributed by atoms with Crippen LogP contribution in [0.4, 0.5) is 0 Å². The molecule has 0 spiro atoms. The zero-order valence-corrected chi connectivity index (χ0v) is 7.43. The van der Waals surface area contributed by atoms with Crippen LogP contribution >= 0.6 is 12.2 Å². The molecular weight excluding hydrogens is 182 g/mol. The third-order valence-corrected chi connectivity index (χ3v) is 2.00. The van der Waals surface area contributed by atoms with E-state index >= 15 is 0 Å². The van der Waals surface area contributed by atoms with Gasteiger partial charge in [0.2, 0.25) is 0 Å². The molecule has 0 saturated carbocycles. The van der Waals surface area contributed by atoms with Gasteiger partial charge in [0.25, 0.3) is 0 Å². The smallest absolute Gasteiger partial charge is 0.175 e. The minimum atomic E-state index is 0.272. The average molecular weight is 187 g/mol. The lowest BCUT2D eigenvalue weighted by atomic mass is 10.3. The predicted octanol–water partition coefficient (Wildman–Crippen LogP) is 2.16. The van der Waals surface area contributed by atoms with Gasteiger partial charge in [-0.3, -0.25) is 0 Å². The zero-order valence-electron chi connectivity index (χ0n) is 6.61. The fourth-order valence-corrected chi connectivity index (χ4v) is 1.31. The molecule has 1 aromatic heterocycles. The third-order valence-electron chi connectivity index (χ3n) is 1.71. The van der Waals surface area contributed by atoms with Crippen LogP contribution in [0.1, 0.15) is 5.69 Å². The Hall–Kier alpha value is -1.73. The Kier molecular flexibility index (Phi) is 1.80. The van der Waals surface area contributed by atoms with E-state index in [2.05, 4.69) is 9.97 Å². The zero-order chi connectivity index (χ0) is 9.26. The molecular formula is C9H5N3S. The highest BCUT2D eigenvalue weighted by atomic mass is 32.1. The summed E-state index contributed by atoms with van der Waals surface area (Å²) in [5.41, 5.74) is 1.88. The topological polar surface area (TPSA) is 52.5 Å². The van der Waals surface area contributed by atoms with E-state index in [0.29, 0.717) is 4.64 Å². The van der Waals surface area contributed by atoms with Crippen molar-refractivity contribution in [2.45, 2.75) is 0 Å². The van der Waals surface area contributed by atoms with Crippen LogP contribution in [0.15, 0.2) is 24.3 Å². The van der Waals surface area contributed by atoms with Gasteiger partial charge in [-0.05, 0) is 12.1 Å². The second-order valence-electron chi connectivity index (χ2n) is 2.54. The summed E-state index contributed by atoms with van der Waals surface area (Å²) in [5, 5.41) is 8.68. The fourth-order valence-electron chi connectivity index (χ4n) is 1.11. The largest absolute Gasteiger partial charge is 0.342 e. The number of hydrogen-bond donors (Lipinski definition) is 1. The first kappa shape index (κ1) is 7.90. The maximum Gasteiger partial charge on any atom is 0.175 e. The summed E-state index contributed by atoms with van der Waals surface area (Å²) in [4.78, 5) is 7.04. The summed E-state index contributed by atoms with van der Waals surface area (Å²) in [6.07, 6.45) is 0. The van der Waals surface area contributed by atoms with Gasteiger partial charge >= 0.3 is 0 Å². The molecule has 0 aliphatic carbocycles. The molecule has 13 heavy (non-hydrogen) atoms. The van der Waals surface area contributed by atoms with E-state index in [0.717, 1.165) is 11.0 Å². The number of aromatic nitrogens is 2. The van der Waals surface area contributed by atoms with Crippen molar-refractivity contribution in [1.29, 1.82) is 5.26 Å². The molecule has 62 valence electrons. The molecule has 0 unspecified atom stereocenters. The maximum absolute atomic E-state index is 8.68. The lowest BCUT2D eigenvalue weighted by Crippen LogP contribution is -1.89. The maximum atomic E-state index is 8.68. The van der Waals surface area contributed by atoms with E-state index in [-0.39, 0.29) is 5.69 Å². The molecule has 3 nitrogen and oxygen atoms in total. The minimum absolute atomic E-state index is 0.272. The van der Waals surface area contributed by atoms with Gasteiger partial charge in [0.05, 0.1) is 11.0 Å². The molecule has 0 aliphatic rings. The molecule has 0 saturated heterocycles. The van der Waals surface area contributed by atoms with Gasteiger partial charge in [-0.25, -0.2) is 4.98 Å². The molecule has 0 fully saturated rings. The Balaban J connectivity index is 2.91. The van der Waals surface area contributed by atoms with Crippen LogP contribution in [-0.4, -0.2) is 9.97 Å². The van der Waals surface area contributed by atoms with Crippen LogP contribution in [-0.2, 0) is 0 Å². The first-order valence-corrected chi connectivity index (χ1v) is 4.11. The number of benzene rings is 1. The Morgan fingerprint density at radius 2 is 2.15 bits per heavy atom. The van der Waals surface area contributed by atoms with Crippen LogP contribution in [0.3, 0.4) is 0 Å². The highest BCUT2D eigenvalue weighted by Gasteiger charge is 1.98. The molecule has 0 amide bonds. The van der Waals surface area contributed by atoms with Crippen LogP contribution in [0, 0.1) is 16.0 Å². The Morgan fingerprint density at radius 1 is 1.38 bits per heavy atom. The number of para-hydroxylation sites is 2. The van der Waals surface area contributed by atoms with Gasteiger partial charge in [-0.15, -0.1) is 0 Å². The number of aromatic amines is 1. The van der Waals surface area contributed by atoms with Gasteiger partial charge in [0, 0.05) is 0 Å². The van der Waals surface area contributed by atoms with Crippen molar-refractivity contribution in [1.82, 2.24) is 9.97 Å². The van der Waals surface area contributed by atoms with E-state index < -0.39 is 0 Å². The summed E-state index contributed by atoms with van der Waals surface area (Å²) in [6.45, 7) is 0. The number of rotatable bonds is 0. The number of nitrogens with zero attached hydrogens (tertiary/aromatic N) is 2. The minimum Gasteiger partial charge on any atom is -0.342 e. The van der Waals surface area contributed by atoms with Crippen molar-refractivity contribution in [3.05, 3.63) is 34.6 Å². The molecule has 0 bridgehead atoms. The quantitative estimate of drug-likeness (QED) is 0.643. The standard InChI is InChI=1S/C9H5N3S/c10-5-8-9(13)12-7-4-2-1-3-6(7)11-8/h1-4H,(H,12,13). The lowest BCUT2D eigenvalue weighted by molar-refractivity contribution is 1.22. The Morgan fingerprint density at radius 3 is 2.92 bits per heavy atom. The van der Waals surface area contributed by atoms with Crippen molar-refractivity contribution < 1.29 is 0 Å². The molecule has 1 N–H and O–H groups in total. The Labute approximate surface area is 79.7 Å². The monoisotopic (exact) mass is 187 g/mol. The fraction of sp³-hybridized carbons (Fsp3) is 0. The SMILES string of the molecule is N#Cc1nc2ccccc2[nH]c1=S. The normalized spacial score (nSPS) is 9.77. The summed E-state index contributed by atoms with van der Waals surface area (Å²) < 4.78 is 0.390. The average Bonchev–Trinajstić information content (AvgIpc) is 2.17. The van der Waals surface area contributed by atoms with Crippen LogP contribution in [0.2, 0.25) is 0 Å². The van der Waals surface area contributed by atoms with Gasteiger partial charge in [-0.2, -0.15) is 5.26 Å². The molecule has 0 radical (unpaired) electrons. The molecule has 0 atom stereocenters. The van der Waals surface area contributed by atoms with E-state index in [9.17, 15) is 0 Å². The van der Waals surface area contributed by atoms with Crippen molar-refractivity contribution in [2.75, 3.05) is 0 Å². The number of H-pyrrole nitrogens is 1. The Bertz CT molecular complexity index is 551. The van der Waals surface area contributed by atoms with Crippen molar-refractivity contribution in [2.24, 2.45) is 0 Å². The first-order valence-electron chi connectivity index (χ1n) is 3.70. The number of fused-ring (bicyclic) bond motifs is 1. The van der Waals surface area contributed by atoms with Gasteiger partial charge in [0.15, 0.2) is 5.69 Å². The molecule has 2 rings (SSSR count). The van der Waals surface area contributed by atoms with Crippen molar-refractivity contribution in [3.8, 4) is 6.07 Å². The molecule has 1 aromatic carbocycles. The van der Waals surface area contributed by atoms with E-state index in [1.807, 2.05) is 30.3 Å². The lowest BCUT2D eigenvalue weighted by Gasteiger charge is -1.96. The number of hydrogen-bond acceptors (Lipinski definition) is 3. The third kappa shape index (κ3) is 1.30. The molecule has 4 heteroatoms. The highest BCUT2D eigenvalue weighted by Crippen LogP contribution is 2.08. The summed E-state index contributed by atoms with van der Waals surface area (Å²) >= 11 is 4.94. The molecule has 2 aromatic rings. The van der Waals surface area contributed by atoms with E-state index in [4.69, 9.17) is 17.5 Å². The molecule has 0 aliphatic heterocycles. The number of nitriles is 1. The van der Waals surface area contributed by atoms with Crippen molar-refractivity contribution >= 4 is 23.3 Å². The van der Waals surface area contributed by atoms with Gasteiger partial charge < -0.3 is 4.98 Å². The highest BCUT2D eigenvalue weighted by molar-refractivity contribution is 7.71. The second-order valence-corrected chi connectivity index (χ2v) is 2.95. The van der Waals surface area contributed by atoms with Gasteiger partial charge in [0.1, 0.15) is 10.7 Å². The van der Waals surface area contributed by atoms with Crippen LogP contribution < -0.4 is 0 Å². The second kappa shape index (κ2) is 2.96. The number of nitrogens with one attached hydrogen (secondary N) is 1. The van der Waals surface area contributed by atoms with E-state index in [1.54, 1.807) is 0 Å². The van der Waals surface area contributed by atoms with Crippen molar-refractivity contribution in [3.63, 3.8) is 0 Å². The summed E-state index contributed by atoms with van der Waals surface area (Å²) in [5.74, 6) is 0. The summed E-state index contributed by atoms with van der Waals surface area (Å²) in [7, 11) is 0. The van der Waals surface area contributed by atoms with Crippen LogP contribution in [0.25, 0.3) is 11.0 Å². The first-order chi connectivity index (χ1) is 6.31. The predicted molar refractivity (Wildman–Crippen MR) is 51.6 cm³/mol.